The van der Waals surface area contributed by atoms with Gasteiger partial charge in [0, 0.05) is 26.6 Å². The summed E-state index contributed by atoms with van der Waals surface area (Å²) in [4.78, 5) is 24.5. The van der Waals surface area contributed by atoms with Crippen molar-refractivity contribution in [3.8, 4) is 0 Å². The minimum absolute atomic E-state index is 0.0551. The van der Waals surface area contributed by atoms with Crippen molar-refractivity contribution in [1.82, 2.24) is 9.62 Å². The molecule has 7 nitrogen and oxygen atoms in total. The number of amides is 1. The number of hydrogen-bond donors (Lipinski definition) is 1. The molecule has 0 fully saturated rings. The largest absolute Gasteiger partial charge is 0.427 e. The SMILES string of the molecule is Cc1cc(CCc2ccccc2)oc(=O)c1C(=O)NCCN(C)S(C)(=O)=O. The summed E-state index contributed by atoms with van der Waals surface area (Å²) in [6, 6.07) is 11.5. The predicted molar refractivity (Wildman–Crippen MR) is 103 cm³/mol. The number of aryl methyl sites for hydroxylation is 3. The molecule has 1 heterocycles. The third-order valence-corrected chi connectivity index (χ3v) is 5.52. The van der Waals surface area contributed by atoms with E-state index in [1.807, 2.05) is 30.3 Å². The average Bonchev–Trinajstić information content (AvgIpc) is 2.59. The number of carbonyl (C=O) groups is 1. The molecule has 1 aromatic carbocycles. The van der Waals surface area contributed by atoms with E-state index in [9.17, 15) is 18.0 Å². The van der Waals surface area contributed by atoms with Crippen LogP contribution >= 0.6 is 0 Å². The van der Waals surface area contributed by atoms with Gasteiger partial charge >= 0.3 is 5.63 Å². The van der Waals surface area contributed by atoms with Crippen LogP contribution in [0.1, 0.15) is 27.2 Å². The molecular weight excluding hydrogens is 368 g/mol. The van der Waals surface area contributed by atoms with Gasteiger partial charge in [-0.15, -0.1) is 0 Å². The average molecular weight is 392 g/mol. The van der Waals surface area contributed by atoms with Gasteiger partial charge in [-0.2, -0.15) is 0 Å². The molecule has 1 N–H and O–H groups in total. The Morgan fingerprint density at radius 1 is 1.19 bits per heavy atom. The van der Waals surface area contributed by atoms with E-state index in [0.29, 0.717) is 17.7 Å². The molecule has 0 aliphatic carbocycles. The fourth-order valence-electron chi connectivity index (χ4n) is 2.56. The van der Waals surface area contributed by atoms with Gasteiger partial charge in [-0.25, -0.2) is 17.5 Å². The van der Waals surface area contributed by atoms with Gasteiger partial charge in [-0.05, 0) is 30.5 Å². The molecule has 2 aromatic rings. The molecule has 1 aromatic heterocycles. The lowest BCUT2D eigenvalue weighted by atomic mass is 10.1. The highest BCUT2D eigenvalue weighted by Crippen LogP contribution is 2.10. The lowest BCUT2D eigenvalue weighted by Gasteiger charge is -2.14. The number of carbonyl (C=O) groups excluding carboxylic acids is 1. The Morgan fingerprint density at radius 2 is 1.85 bits per heavy atom. The van der Waals surface area contributed by atoms with E-state index in [-0.39, 0.29) is 18.7 Å². The number of nitrogens with zero attached hydrogens (tertiary/aromatic N) is 1. The molecule has 0 atom stereocenters. The van der Waals surface area contributed by atoms with Crippen LogP contribution in [-0.2, 0) is 22.9 Å². The summed E-state index contributed by atoms with van der Waals surface area (Å²) in [6.45, 7) is 1.89. The standard InChI is InChI=1S/C19H24N2O5S/c1-14-13-16(10-9-15-7-5-4-6-8-15)26-19(23)17(14)18(22)20-11-12-21(2)27(3,24)25/h4-8,13H,9-12H2,1-3H3,(H,20,22). The lowest BCUT2D eigenvalue weighted by molar-refractivity contribution is 0.0947. The molecule has 0 aliphatic rings. The Kier molecular flexibility index (Phi) is 6.92. The Hall–Kier alpha value is -2.45. The number of rotatable bonds is 8. The second-order valence-electron chi connectivity index (χ2n) is 6.38. The Labute approximate surface area is 159 Å². The van der Waals surface area contributed by atoms with Crippen LogP contribution in [0, 0.1) is 6.92 Å². The second-order valence-corrected chi connectivity index (χ2v) is 8.47. The van der Waals surface area contributed by atoms with Crippen molar-refractivity contribution in [2.45, 2.75) is 19.8 Å². The molecule has 0 aliphatic heterocycles. The van der Waals surface area contributed by atoms with Gasteiger partial charge in [-0.3, -0.25) is 4.79 Å². The summed E-state index contributed by atoms with van der Waals surface area (Å²) >= 11 is 0. The zero-order valence-corrected chi connectivity index (χ0v) is 16.5. The first-order valence-electron chi connectivity index (χ1n) is 8.55. The zero-order valence-electron chi connectivity index (χ0n) is 15.7. The molecule has 2 rings (SSSR count). The van der Waals surface area contributed by atoms with E-state index in [1.54, 1.807) is 13.0 Å². The maximum absolute atomic E-state index is 12.3. The number of benzene rings is 1. The van der Waals surface area contributed by atoms with Crippen molar-refractivity contribution in [2.75, 3.05) is 26.4 Å². The van der Waals surface area contributed by atoms with Crippen LogP contribution in [0.3, 0.4) is 0 Å². The van der Waals surface area contributed by atoms with Crippen LogP contribution in [0.15, 0.2) is 45.6 Å². The topological polar surface area (TPSA) is 96.7 Å². The molecule has 8 heteroatoms. The normalized spacial score (nSPS) is 11.6. The molecule has 0 unspecified atom stereocenters. The van der Waals surface area contributed by atoms with Gasteiger partial charge in [0.25, 0.3) is 5.91 Å². The maximum Gasteiger partial charge on any atom is 0.349 e. The number of nitrogens with one attached hydrogen (secondary N) is 1. The second kappa shape index (κ2) is 8.96. The molecule has 0 radical (unpaired) electrons. The third-order valence-electron chi connectivity index (χ3n) is 4.21. The minimum Gasteiger partial charge on any atom is -0.427 e. The molecule has 146 valence electrons. The van der Waals surface area contributed by atoms with Gasteiger partial charge in [0.05, 0.1) is 6.26 Å². The van der Waals surface area contributed by atoms with E-state index in [4.69, 9.17) is 4.42 Å². The first-order valence-corrected chi connectivity index (χ1v) is 10.4. The van der Waals surface area contributed by atoms with Crippen LogP contribution in [0.25, 0.3) is 0 Å². The van der Waals surface area contributed by atoms with Crippen LogP contribution < -0.4 is 10.9 Å². The summed E-state index contributed by atoms with van der Waals surface area (Å²) in [5, 5.41) is 2.56. The van der Waals surface area contributed by atoms with E-state index in [1.165, 1.54) is 7.05 Å². The molecule has 27 heavy (non-hydrogen) atoms. The van der Waals surface area contributed by atoms with Crippen LogP contribution in [-0.4, -0.2) is 45.0 Å². The van der Waals surface area contributed by atoms with Gasteiger partial charge in [0.15, 0.2) is 0 Å². The molecule has 1 amide bonds. The highest BCUT2D eigenvalue weighted by molar-refractivity contribution is 7.88. The predicted octanol–water partition coefficient (Wildman–Crippen LogP) is 1.35. The molecule has 0 bridgehead atoms. The van der Waals surface area contributed by atoms with Crippen molar-refractivity contribution in [2.24, 2.45) is 0 Å². The highest BCUT2D eigenvalue weighted by Gasteiger charge is 2.17. The van der Waals surface area contributed by atoms with Crippen molar-refractivity contribution in [1.29, 1.82) is 0 Å². The number of hydrogen-bond acceptors (Lipinski definition) is 5. The molecule has 0 saturated heterocycles. The lowest BCUT2D eigenvalue weighted by Crippen LogP contribution is -2.37. The van der Waals surface area contributed by atoms with Gasteiger partial charge in [0.1, 0.15) is 11.3 Å². The highest BCUT2D eigenvalue weighted by atomic mass is 32.2. The van der Waals surface area contributed by atoms with Crippen molar-refractivity contribution in [3.63, 3.8) is 0 Å². The maximum atomic E-state index is 12.3. The van der Waals surface area contributed by atoms with Crippen LogP contribution in [0.5, 0.6) is 0 Å². The monoisotopic (exact) mass is 392 g/mol. The van der Waals surface area contributed by atoms with Gasteiger partial charge in [-0.1, -0.05) is 30.3 Å². The van der Waals surface area contributed by atoms with Crippen LogP contribution in [0.2, 0.25) is 0 Å². The van der Waals surface area contributed by atoms with Crippen molar-refractivity contribution >= 4 is 15.9 Å². The van der Waals surface area contributed by atoms with Gasteiger partial charge < -0.3 is 9.73 Å². The first kappa shape index (κ1) is 20.9. The molecular formula is C19H24N2O5S. The summed E-state index contributed by atoms with van der Waals surface area (Å²) in [5.74, 6) is -0.0486. The molecule has 0 spiro atoms. The van der Waals surface area contributed by atoms with Crippen LogP contribution in [0.4, 0.5) is 0 Å². The summed E-state index contributed by atoms with van der Waals surface area (Å²) < 4.78 is 29.1. The van der Waals surface area contributed by atoms with E-state index < -0.39 is 21.6 Å². The smallest absolute Gasteiger partial charge is 0.349 e. The van der Waals surface area contributed by atoms with Gasteiger partial charge in [0.2, 0.25) is 10.0 Å². The van der Waals surface area contributed by atoms with E-state index >= 15 is 0 Å². The fraction of sp³-hybridized carbons (Fsp3) is 0.368. The van der Waals surface area contributed by atoms with Crippen molar-refractivity contribution in [3.05, 3.63) is 69.3 Å². The van der Waals surface area contributed by atoms with Crippen molar-refractivity contribution < 1.29 is 17.6 Å². The Morgan fingerprint density at radius 3 is 2.44 bits per heavy atom. The summed E-state index contributed by atoms with van der Waals surface area (Å²) in [7, 11) is -1.90. The minimum atomic E-state index is -3.31. The fourth-order valence-corrected chi connectivity index (χ4v) is 2.99. The quantitative estimate of drug-likeness (QED) is 0.732. The summed E-state index contributed by atoms with van der Waals surface area (Å²) in [6.07, 6.45) is 2.37. The summed E-state index contributed by atoms with van der Waals surface area (Å²) in [5.41, 5.74) is 0.922. The first-order chi connectivity index (χ1) is 12.7. The number of likely N-dealkylation sites (N-methyl/N-ethyl adjacent to an activating group) is 1. The molecule has 0 saturated carbocycles. The Bertz CT molecular complexity index is 952. The third kappa shape index (κ3) is 6.04. The Balaban J connectivity index is 2.01. The van der Waals surface area contributed by atoms with E-state index in [2.05, 4.69) is 5.32 Å². The number of sulfonamides is 1. The van der Waals surface area contributed by atoms with E-state index in [0.717, 1.165) is 22.5 Å². The zero-order chi connectivity index (χ0) is 20.0.